The molecule has 2 aromatic carbocycles. The van der Waals surface area contributed by atoms with Crippen molar-refractivity contribution in [3.63, 3.8) is 0 Å². The number of benzene rings is 2. The van der Waals surface area contributed by atoms with Gasteiger partial charge in [-0.1, -0.05) is 37.1 Å². The third-order valence-corrected chi connectivity index (χ3v) is 7.32. The van der Waals surface area contributed by atoms with Gasteiger partial charge in [0.05, 0.1) is 22.2 Å². The number of fused-ring (bicyclic) bond motifs is 1. The lowest BCUT2D eigenvalue weighted by Gasteiger charge is -2.19. The van der Waals surface area contributed by atoms with Gasteiger partial charge in [0.15, 0.2) is 5.82 Å². The van der Waals surface area contributed by atoms with E-state index in [0.29, 0.717) is 46.9 Å². The number of nitrogens with two attached hydrogens (primary N) is 2. The van der Waals surface area contributed by atoms with Crippen LogP contribution in [-0.4, -0.2) is 40.0 Å². The highest BCUT2D eigenvalue weighted by molar-refractivity contribution is 6.31. The molecule has 10 heteroatoms. The SMILES string of the molecule is CCCC(NCCCN=C(C)N)c1ccc(-n2cc3cc(-c4cc(CCCCN)cc(Cl)c4F)[nH]c3nc2=O)cc1. The summed E-state index contributed by atoms with van der Waals surface area (Å²) >= 11 is 6.22. The number of aromatic amines is 1. The number of H-pyrrole nitrogens is 1. The van der Waals surface area contributed by atoms with Crippen molar-refractivity contribution in [2.45, 2.75) is 58.4 Å². The van der Waals surface area contributed by atoms with Gasteiger partial charge in [-0.25, -0.2) is 9.18 Å². The molecule has 1 unspecified atom stereocenters. The molecule has 0 aliphatic rings. The highest BCUT2D eigenvalue weighted by Crippen LogP contribution is 2.31. The molecule has 6 N–H and O–H groups in total. The molecule has 0 saturated carbocycles. The Labute approximate surface area is 245 Å². The fraction of sp³-hybridized carbons (Fsp3) is 0.387. The van der Waals surface area contributed by atoms with Gasteiger partial charge in [0.25, 0.3) is 0 Å². The maximum absolute atomic E-state index is 15.0. The molecule has 4 rings (SSSR count). The predicted molar refractivity (Wildman–Crippen MR) is 167 cm³/mol. The summed E-state index contributed by atoms with van der Waals surface area (Å²) in [4.78, 5) is 24.6. The van der Waals surface area contributed by atoms with Gasteiger partial charge in [-0.05, 0) is 93.6 Å². The van der Waals surface area contributed by atoms with Crippen molar-refractivity contribution >= 4 is 28.5 Å². The van der Waals surface area contributed by atoms with E-state index in [1.165, 1.54) is 4.57 Å². The number of aryl methyl sites for hydroxylation is 1. The molecular weight excluding hydrogens is 541 g/mol. The van der Waals surface area contributed by atoms with Crippen LogP contribution in [0.5, 0.6) is 0 Å². The zero-order valence-corrected chi connectivity index (χ0v) is 24.5. The Morgan fingerprint density at radius 1 is 1.20 bits per heavy atom. The van der Waals surface area contributed by atoms with Crippen LogP contribution in [0.15, 0.2) is 58.4 Å². The predicted octanol–water partition coefficient (Wildman–Crippen LogP) is 5.65. The maximum atomic E-state index is 15.0. The van der Waals surface area contributed by atoms with Gasteiger partial charge in [0, 0.05) is 29.7 Å². The van der Waals surface area contributed by atoms with E-state index in [0.717, 1.165) is 56.2 Å². The number of aromatic nitrogens is 3. The molecule has 1 atom stereocenters. The summed E-state index contributed by atoms with van der Waals surface area (Å²) in [6.45, 7) is 6.10. The van der Waals surface area contributed by atoms with Crippen LogP contribution in [0.25, 0.3) is 28.0 Å². The minimum atomic E-state index is -0.510. The maximum Gasteiger partial charge on any atom is 0.354 e. The molecule has 218 valence electrons. The number of halogens is 2. The van der Waals surface area contributed by atoms with Crippen molar-refractivity contribution < 1.29 is 4.39 Å². The molecule has 0 radical (unpaired) electrons. The number of unbranched alkanes of at least 4 members (excludes halogenated alkanes) is 1. The average Bonchev–Trinajstić information content (AvgIpc) is 3.36. The first-order valence-electron chi connectivity index (χ1n) is 14.2. The van der Waals surface area contributed by atoms with E-state index in [2.05, 4.69) is 27.2 Å². The van der Waals surface area contributed by atoms with Crippen LogP contribution in [0.1, 0.15) is 63.1 Å². The molecule has 8 nitrogen and oxygen atoms in total. The van der Waals surface area contributed by atoms with Crippen LogP contribution in [-0.2, 0) is 6.42 Å². The van der Waals surface area contributed by atoms with Crippen LogP contribution < -0.4 is 22.5 Å². The number of hydrogen-bond acceptors (Lipinski definition) is 5. The Kier molecular flexibility index (Phi) is 10.7. The molecule has 0 aliphatic heterocycles. The number of rotatable bonds is 14. The van der Waals surface area contributed by atoms with Gasteiger partial charge < -0.3 is 21.8 Å². The molecular formula is C31H39ClFN7O. The molecule has 2 heterocycles. The van der Waals surface area contributed by atoms with Gasteiger partial charge in [0.2, 0.25) is 0 Å². The highest BCUT2D eigenvalue weighted by atomic mass is 35.5. The number of nitrogens with zero attached hydrogens (tertiary/aromatic N) is 3. The van der Waals surface area contributed by atoms with Gasteiger partial charge >= 0.3 is 5.69 Å². The lowest BCUT2D eigenvalue weighted by atomic mass is 10.0. The Bertz CT molecular complexity index is 1540. The molecule has 0 spiro atoms. The second-order valence-electron chi connectivity index (χ2n) is 10.3. The van der Waals surface area contributed by atoms with Gasteiger partial charge in [-0.3, -0.25) is 9.56 Å². The zero-order valence-electron chi connectivity index (χ0n) is 23.7. The highest BCUT2D eigenvalue weighted by Gasteiger charge is 2.16. The smallest absolute Gasteiger partial charge is 0.354 e. The lowest BCUT2D eigenvalue weighted by Crippen LogP contribution is -2.23. The van der Waals surface area contributed by atoms with Gasteiger partial charge in [-0.2, -0.15) is 4.98 Å². The zero-order chi connectivity index (χ0) is 29.4. The summed E-state index contributed by atoms with van der Waals surface area (Å²) in [5.74, 6) is 0.0911. The van der Waals surface area contributed by atoms with Crippen molar-refractivity contribution in [2.75, 3.05) is 19.6 Å². The van der Waals surface area contributed by atoms with E-state index in [1.54, 1.807) is 31.3 Å². The van der Waals surface area contributed by atoms with E-state index in [-0.39, 0.29) is 11.1 Å². The number of amidine groups is 1. The molecule has 4 aromatic rings. The molecule has 0 bridgehead atoms. The van der Waals surface area contributed by atoms with Crippen LogP contribution in [0, 0.1) is 5.82 Å². The molecule has 41 heavy (non-hydrogen) atoms. The fourth-order valence-corrected chi connectivity index (χ4v) is 5.18. The van der Waals surface area contributed by atoms with Crippen LogP contribution in [0.3, 0.4) is 0 Å². The standard InChI is InChI=1S/C31H39ClFN7O/c1-3-7-27(37-15-6-14-36-20(2)35)22-9-11-24(12-10-22)40-19-23-18-28(38-30(23)39-31(40)41)25-16-21(8-4-5-13-34)17-26(32)29(25)33/h9-12,16-19,27,37H,3-8,13-15,34H2,1-2H3,(H2,35,36)(H,38,39,41). The number of hydrogen-bond donors (Lipinski definition) is 4. The average molecular weight is 580 g/mol. The van der Waals surface area contributed by atoms with Crippen molar-refractivity contribution in [3.05, 3.63) is 81.1 Å². The summed E-state index contributed by atoms with van der Waals surface area (Å²) in [6, 6.07) is 13.4. The monoisotopic (exact) mass is 579 g/mol. The molecule has 0 saturated heterocycles. The van der Waals surface area contributed by atoms with Crippen LogP contribution >= 0.6 is 11.6 Å². The van der Waals surface area contributed by atoms with Gasteiger partial charge in [0.1, 0.15) is 5.65 Å². The van der Waals surface area contributed by atoms with E-state index >= 15 is 4.39 Å². The van der Waals surface area contributed by atoms with Crippen molar-refractivity contribution in [3.8, 4) is 16.9 Å². The third kappa shape index (κ3) is 7.81. The number of aliphatic imine (C=N–C) groups is 1. The van der Waals surface area contributed by atoms with E-state index in [4.69, 9.17) is 23.1 Å². The molecule has 0 amide bonds. The minimum Gasteiger partial charge on any atom is -0.388 e. The van der Waals surface area contributed by atoms with Gasteiger partial charge in [-0.15, -0.1) is 0 Å². The summed E-state index contributed by atoms with van der Waals surface area (Å²) in [5.41, 5.74) is 14.8. The van der Waals surface area contributed by atoms with E-state index < -0.39 is 11.5 Å². The first-order chi connectivity index (χ1) is 19.8. The first kappa shape index (κ1) is 30.4. The normalized spacial score (nSPS) is 12.8. The van der Waals surface area contributed by atoms with Crippen LogP contribution in [0.2, 0.25) is 5.02 Å². The summed E-state index contributed by atoms with van der Waals surface area (Å²) in [7, 11) is 0. The van der Waals surface area contributed by atoms with Crippen molar-refractivity contribution in [2.24, 2.45) is 16.5 Å². The fourth-order valence-electron chi connectivity index (χ4n) is 4.94. The Morgan fingerprint density at radius 2 is 1.98 bits per heavy atom. The second-order valence-corrected chi connectivity index (χ2v) is 10.7. The molecule has 0 fully saturated rings. The molecule has 0 aliphatic carbocycles. The Balaban J connectivity index is 1.56. The summed E-state index contributed by atoms with van der Waals surface area (Å²) in [5, 5.41) is 4.36. The number of nitrogens with one attached hydrogen (secondary N) is 2. The second kappa shape index (κ2) is 14.4. The van der Waals surface area contributed by atoms with E-state index in [9.17, 15) is 4.79 Å². The quantitative estimate of drug-likeness (QED) is 0.0871. The Hall–Kier alpha value is -3.53. The van der Waals surface area contributed by atoms with Crippen molar-refractivity contribution in [1.82, 2.24) is 19.9 Å². The topological polar surface area (TPSA) is 127 Å². The largest absolute Gasteiger partial charge is 0.388 e. The third-order valence-electron chi connectivity index (χ3n) is 7.04. The lowest BCUT2D eigenvalue weighted by molar-refractivity contribution is 0.490. The minimum absolute atomic E-state index is 0.0616. The summed E-state index contributed by atoms with van der Waals surface area (Å²) in [6.07, 6.45) is 7.19. The Morgan fingerprint density at radius 3 is 2.68 bits per heavy atom. The van der Waals surface area contributed by atoms with Crippen molar-refractivity contribution in [1.29, 1.82) is 0 Å². The molecule has 2 aromatic heterocycles. The van der Waals surface area contributed by atoms with Crippen LogP contribution in [0.4, 0.5) is 4.39 Å². The first-order valence-corrected chi connectivity index (χ1v) is 14.6. The summed E-state index contributed by atoms with van der Waals surface area (Å²) < 4.78 is 16.5. The van der Waals surface area contributed by atoms with E-state index in [1.807, 2.05) is 24.3 Å².